The minimum absolute atomic E-state index is 0.0688. The molecule has 0 aliphatic carbocycles. The van der Waals surface area contributed by atoms with Gasteiger partial charge in [0.15, 0.2) is 5.75 Å². The second-order valence-corrected chi connectivity index (χ2v) is 9.08. The van der Waals surface area contributed by atoms with Crippen molar-refractivity contribution in [2.45, 2.75) is 16.4 Å². The molecule has 0 aliphatic heterocycles. The van der Waals surface area contributed by atoms with Gasteiger partial charge in [-0.25, -0.2) is 4.89 Å². The molecule has 0 heterocycles. The molecule has 0 spiro atoms. The zero-order valence-corrected chi connectivity index (χ0v) is 17.0. The van der Waals surface area contributed by atoms with Crippen molar-refractivity contribution >= 4 is 48.1 Å². The fraction of sp³-hybridized carbons (Fsp3) is 0.0588. The van der Waals surface area contributed by atoms with Crippen molar-refractivity contribution in [1.82, 2.24) is 0 Å². The number of nitrogens with two attached hydrogens (primary N) is 1. The van der Waals surface area contributed by atoms with Gasteiger partial charge in [0, 0.05) is 11.1 Å². The first-order valence-corrected chi connectivity index (χ1v) is 11.1. The first kappa shape index (κ1) is 22.5. The van der Waals surface area contributed by atoms with Gasteiger partial charge in [-0.3, -0.25) is 14.4 Å². The van der Waals surface area contributed by atoms with Crippen molar-refractivity contribution < 1.29 is 41.2 Å². The van der Waals surface area contributed by atoms with E-state index in [-0.39, 0.29) is 28.8 Å². The lowest BCUT2D eigenvalue weighted by molar-refractivity contribution is -0.253. The van der Waals surface area contributed by atoms with Gasteiger partial charge in [-0.1, -0.05) is 12.1 Å². The number of benzene rings is 3. The number of phenols is 1. The van der Waals surface area contributed by atoms with Gasteiger partial charge in [-0.15, -0.1) is 5.11 Å². The molecular formula is C17H15N3O9S2. The lowest BCUT2D eigenvalue weighted by Crippen LogP contribution is -2.02. The van der Waals surface area contributed by atoms with Gasteiger partial charge < -0.3 is 10.8 Å². The van der Waals surface area contributed by atoms with Gasteiger partial charge >= 0.3 is 0 Å². The third-order valence-corrected chi connectivity index (χ3v) is 5.86. The molecule has 0 saturated carbocycles. The Labute approximate surface area is 175 Å². The molecule has 12 nitrogen and oxygen atoms in total. The van der Waals surface area contributed by atoms with Gasteiger partial charge in [-0.2, -0.15) is 21.9 Å². The van der Waals surface area contributed by atoms with E-state index >= 15 is 0 Å². The normalized spacial score (nSPS) is 12.6. The van der Waals surface area contributed by atoms with Crippen LogP contribution in [-0.4, -0.2) is 36.3 Å². The van der Waals surface area contributed by atoms with Crippen LogP contribution in [0.2, 0.25) is 0 Å². The molecule has 0 fully saturated rings. The third-order valence-electron chi connectivity index (χ3n) is 4.16. The Bertz CT molecular complexity index is 1400. The second kappa shape index (κ2) is 8.18. The highest BCUT2D eigenvalue weighted by atomic mass is 32.2. The van der Waals surface area contributed by atoms with Gasteiger partial charge in [0.1, 0.15) is 17.2 Å². The summed E-state index contributed by atoms with van der Waals surface area (Å²) in [4.78, 5) is 2.50. The zero-order valence-electron chi connectivity index (χ0n) is 15.4. The van der Waals surface area contributed by atoms with Crippen LogP contribution in [0.3, 0.4) is 0 Å². The summed E-state index contributed by atoms with van der Waals surface area (Å²) in [5.74, 6) is -0.779. The molecule has 0 bridgehead atoms. The molecule has 0 saturated heterocycles. The van der Waals surface area contributed by atoms with E-state index in [2.05, 4.69) is 15.1 Å². The van der Waals surface area contributed by atoms with Crippen LogP contribution in [0.15, 0.2) is 62.5 Å². The Kier molecular flexibility index (Phi) is 5.95. The topological polar surface area (TPSA) is 209 Å². The minimum Gasteiger partial charge on any atom is -0.505 e. The molecule has 14 heteroatoms. The number of phenolic OH excluding ortho intramolecular Hbond substituents is 1. The Balaban J connectivity index is 2.22. The van der Waals surface area contributed by atoms with Crippen molar-refractivity contribution in [2.24, 2.45) is 10.2 Å². The van der Waals surface area contributed by atoms with Crippen molar-refractivity contribution in [3.05, 3.63) is 48.0 Å². The Morgan fingerprint density at radius 1 is 0.935 bits per heavy atom. The van der Waals surface area contributed by atoms with Crippen molar-refractivity contribution in [2.75, 3.05) is 5.73 Å². The lowest BCUT2D eigenvalue weighted by atomic mass is 10.1. The number of anilines is 1. The molecule has 0 atom stereocenters. The Hall–Kier alpha value is -3.14. The number of rotatable bonds is 6. The van der Waals surface area contributed by atoms with E-state index in [1.165, 1.54) is 12.1 Å². The Morgan fingerprint density at radius 2 is 1.58 bits per heavy atom. The van der Waals surface area contributed by atoms with Crippen LogP contribution in [0.1, 0.15) is 5.56 Å². The number of aromatic hydroxyl groups is 1. The lowest BCUT2D eigenvalue weighted by Gasteiger charge is -2.11. The van der Waals surface area contributed by atoms with Gasteiger partial charge in [0.05, 0.1) is 10.6 Å². The van der Waals surface area contributed by atoms with Crippen LogP contribution in [0.4, 0.5) is 17.1 Å². The van der Waals surface area contributed by atoms with Crippen LogP contribution in [-0.2, 0) is 31.7 Å². The number of nitrogen functional groups attached to an aromatic ring is 1. The molecule has 3 rings (SSSR count). The van der Waals surface area contributed by atoms with E-state index in [4.69, 9.17) is 11.0 Å². The average molecular weight is 469 g/mol. The number of fused-ring (bicyclic) bond motifs is 1. The van der Waals surface area contributed by atoms with Gasteiger partial charge in [0.2, 0.25) is 0 Å². The summed E-state index contributed by atoms with van der Waals surface area (Å²) >= 11 is 0. The summed E-state index contributed by atoms with van der Waals surface area (Å²) < 4.78 is 65.3. The molecule has 0 unspecified atom stereocenters. The maximum absolute atomic E-state index is 11.9. The second-order valence-electron chi connectivity index (χ2n) is 6.27. The molecule has 164 valence electrons. The summed E-state index contributed by atoms with van der Waals surface area (Å²) in [7, 11) is -9.62. The van der Waals surface area contributed by atoms with Crippen LogP contribution < -0.4 is 5.73 Å². The number of azo groups is 1. The molecule has 0 radical (unpaired) electrons. The summed E-state index contributed by atoms with van der Waals surface area (Å²) in [6, 6.07) is 8.61. The van der Waals surface area contributed by atoms with E-state index in [1.807, 2.05) is 0 Å². The van der Waals surface area contributed by atoms with E-state index < -0.39 is 41.5 Å². The van der Waals surface area contributed by atoms with E-state index in [1.54, 1.807) is 12.1 Å². The van der Waals surface area contributed by atoms with E-state index in [0.717, 1.165) is 18.2 Å². The standard InChI is InChI=1S/C17H15N3O9S2/c18-13-7-12(30(23,24)25)5-10-6-14(31(26,27)28)16(17(21)15(10)13)20-19-11-3-1-9(2-4-11)8-29-22/h1-7,21-22H,8,18H2,(H,23,24,25)(H,26,27,28). The molecule has 3 aromatic carbocycles. The van der Waals surface area contributed by atoms with Crippen LogP contribution in [0.5, 0.6) is 5.75 Å². The highest BCUT2D eigenvalue weighted by Gasteiger charge is 2.24. The summed E-state index contributed by atoms with van der Waals surface area (Å²) in [5, 5.41) is 26.2. The van der Waals surface area contributed by atoms with Gasteiger partial charge in [0.25, 0.3) is 20.2 Å². The van der Waals surface area contributed by atoms with Gasteiger partial charge in [-0.05, 0) is 41.3 Å². The summed E-state index contributed by atoms with van der Waals surface area (Å²) in [5.41, 5.74) is 5.69. The van der Waals surface area contributed by atoms with E-state index in [0.29, 0.717) is 5.56 Å². The predicted molar refractivity (Wildman–Crippen MR) is 108 cm³/mol. The average Bonchev–Trinajstić information content (AvgIpc) is 2.66. The maximum Gasteiger partial charge on any atom is 0.296 e. The summed E-state index contributed by atoms with van der Waals surface area (Å²) in [6.45, 7) is -0.0688. The minimum atomic E-state index is -4.94. The predicted octanol–water partition coefficient (Wildman–Crippen LogP) is 3.03. The Morgan fingerprint density at radius 3 is 2.13 bits per heavy atom. The fourth-order valence-electron chi connectivity index (χ4n) is 2.77. The van der Waals surface area contributed by atoms with Crippen molar-refractivity contribution in [3.63, 3.8) is 0 Å². The molecule has 0 aromatic heterocycles. The number of hydrogen-bond donors (Lipinski definition) is 5. The van der Waals surface area contributed by atoms with Crippen LogP contribution in [0, 0.1) is 0 Å². The molecular weight excluding hydrogens is 454 g/mol. The van der Waals surface area contributed by atoms with Crippen molar-refractivity contribution in [1.29, 1.82) is 0 Å². The maximum atomic E-state index is 11.9. The SMILES string of the molecule is Nc1cc(S(=O)(=O)O)cc2cc(S(=O)(=O)O)c(N=Nc3ccc(COO)cc3)c(O)c12. The van der Waals surface area contributed by atoms with Crippen LogP contribution in [0.25, 0.3) is 10.8 Å². The quantitative estimate of drug-likeness (QED) is 0.117. The first-order chi connectivity index (χ1) is 14.4. The molecule has 6 N–H and O–H groups in total. The first-order valence-electron chi connectivity index (χ1n) is 8.23. The van der Waals surface area contributed by atoms with E-state index in [9.17, 15) is 31.0 Å². The monoisotopic (exact) mass is 469 g/mol. The molecule has 0 amide bonds. The number of hydrogen-bond acceptors (Lipinski definition) is 10. The fourth-order valence-corrected chi connectivity index (χ4v) is 3.98. The smallest absolute Gasteiger partial charge is 0.296 e. The third kappa shape index (κ3) is 4.79. The molecule has 3 aromatic rings. The highest BCUT2D eigenvalue weighted by Crippen LogP contribution is 2.44. The van der Waals surface area contributed by atoms with Crippen LogP contribution >= 0.6 is 0 Å². The number of nitrogens with zero attached hydrogens (tertiary/aromatic N) is 2. The molecule has 31 heavy (non-hydrogen) atoms. The zero-order chi connectivity index (χ0) is 23.0. The molecule has 0 aliphatic rings. The van der Waals surface area contributed by atoms with Crippen molar-refractivity contribution in [3.8, 4) is 5.75 Å². The highest BCUT2D eigenvalue weighted by molar-refractivity contribution is 7.86. The largest absolute Gasteiger partial charge is 0.505 e. The summed E-state index contributed by atoms with van der Waals surface area (Å²) in [6.07, 6.45) is 0.